The Bertz CT molecular complexity index is 1280. The number of esters is 2. The molecule has 2 aromatic rings. The first-order valence-corrected chi connectivity index (χ1v) is 14.0. The smallest absolute Gasteiger partial charge is 0.354 e. The van der Waals surface area contributed by atoms with Gasteiger partial charge in [0.1, 0.15) is 23.6 Å². The number of benzene rings is 2. The molecule has 1 aliphatic heterocycles. The van der Waals surface area contributed by atoms with E-state index in [9.17, 15) is 9.59 Å². The molecule has 40 heavy (non-hydrogen) atoms. The van der Waals surface area contributed by atoms with Crippen molar-refractivity contribution in [2.45, 2.75) is 103 Å². The van der Waals surface area contributed by atoms with Crippen molar-refractivity contribution in [3.05, 3.63) is 71.3 Å². The fraction of sp³-hybridized carbons (Fsp3) is 0.485. The Balaban J connectivity index is 1.66. The zero-order valence-electron chi connectivity index (χ0n) is 24.5. The lowest BCUT2D eigenvalue weighted by atomic mass is 9.85. The third kappa shape index (κ3) is 7.74. The van der Waals surface area contributed by atoms with Crippen LogP contribution in [-0.2, 0) is 30.5 Å². The molecule has 2 aromatic carbocycles. The molecule has 4 rings (SSSR count). The Kier molecular flexibility index (Phi) is 8.71. The van der Waals surface area contributed by atoms with Gasteiger partial charge in [0.05, 0.1) is 12.1 Å². The lowest BCUT2D eigenvalue weighted by Crippen LogP contribution is -2.46. The van der Waals surface area contributed by atoms with Crippen LogP contribution in [0.25, 0.3) is 5.57 Å². The van der Waals surface area contributed by atoms with Crippen molar-refractivity contribution in [1.29, 1.82) is 0 Å². The van der Waals surface area contributed by atoms with Gasteiger partial charge in [0.2, 0.25) is 5.60 Å². The number of oxime groups is 1. The minimum atomic E-state index is -1.62. The highest BCUT2D eigenvalue weighted by atomic mass is 16.7. The highest BCUT2D eigenvalue weighted by molar-refractivity contribution is 6.08. The SMILES string of the molecule is CC(C)(C)OC(=O)CC1(C(=O)OC(C)(C)C)CC(c2cc(OCc3ccccc3)ccc2C2=CCCCC2)=NO1. The zero-order valence-corrected chi connectivity index (χ0v) is 24.5. The van der Waals surface area contributed by atoms with E-state index < -0.39 is 28.7 Å². The van der Waals surface area contributed by atoms with Gasteiger partial charge in [0, 0.05) is 12.0 Å². The summed E-state index contributed by atoms with van der Waals surface area (Å²) in [5.41, 5.74) is 1.63. The number of hydrogen-bond acceptors (Lipinski definition) is 7. The second kappa shape index (κ2) is 11.9. The van der Waals surface area contributed by atoms with Gasteiger partial charge in [-0.3, -0.25) is 4.79 Å². The van der Waals surface area contributed by atoms with E-state index >= 15 is 0 Å². The summed E-state index contributed by atoms with van der Waals surface area (Å²) >= 11 is 0. The average molecular weight is 548 g/mol. The molecule has 0 radical (unpaired) electrons. The Morgan fingerprint density at radius 3 is 2.30 bits per heavy atom. The molecule has 0 fully saturated rings. The average Bonchev–Trinajstić information content (AvgIpc) is 3.31. The molecule has 1 aliphatic carbocycles. The predicted octanol–water partition coefficient (Wildman–Crippen LogP) is 7.16. The van der Waals surface area contributed by atoms with Gasteiger partial charge >= 0.3 is 11.9 Å². The maximum atomic E-state index is 13.5. The minimum Gasteiger partial charge on any atom is -0.489 e. The predicted molar refractivity (Wildman–Crippen MR) is 155 cm³/mol. The molecule has 0 spiro atoms. The first-order chi connectivity index (χ1) is 18.8. The maximum absolute atomic E-state index is 13.5. The summed E-state index contributed by atoms with van der Waals surface area (Å²) in [5, 5.41) is 4.40. The lowest BCUT2D eigenvalue weighted by molar-refractivity contribution is -0.188. The van der Waals surface area contributed by atoms with Crippen LogP contribution in [-0.4, -0.2) is 34.5 Å². The lowest BCUT2D eigenvalue weighted by Gasteiger charge is -2.29. The van der Waals surface area contributed by atoms with Gasteiger partial charge in [-0.2, -0.15) is 0 Å². The summed E-state index contributed by atoms with van der Waals surface area (Å²) in [5.74, 6) is -0.506. The Morgan fingerprint density at radius 1 is 0.925 bits per heavy atom. The molecule has 0 saturated heterocycles. The van der Waals surface area contributed by atoms with Gasteiger partial charge in [-0.1, -0.05) is 47.6 Å². The normalized spacial score (nSPS) is 19.2. The van der Waals surface area contributed by atoms with Crippen LogP contribution in [0.2, 0.25) is 0 Å². The first-order valence-electron chi connectivity index (χ1n) is 14.0. The van der Waals surface area contributed by atoms with Crippen LogP contribution in [0.5, 0.6) is 5.75 Å². The van der Waals surface area contributed by atoms with E-state index in [1.807, 2.05) is 42.5 Å². The molecule has 1 unspecified atom stereocenters. The molecule has 0 N–H and O–H groups in total. The Morgan fingerprint density at radius 2 is 1.65 bits per heavy atom. The molecule has 2 aliphatic rings. The van der Waals surface area contributed by atoms with Crippen molar-refractivity contribution in [2.24, 2.45) is 5.16 Å². The van der Waals surface area contributed by atoms with Crippen molar-refractivity contribution in [3.8, 4) is 5.75 Å². The number of ether oxygens (including phenoxy) is 3. The van der Waals surface area contributed by atoms with Gasteiger partial charge in [0.25, 0.3) is 0 Å². The molecule has 0 amide bonds. The fourth-order valence-electron chi connectivity index (χ4n) is 4.84. The standard InChI is InChI=1S/C33H41NO6/c1-31(2,3)38-29(35)21-33(30(36)39-32(4,5)6)20-28(34-40-33)27-19-25(37-22-23-13-9-7-10-14-23)17-18-26(27)24-15-11-8-12-16-24/h7,9-10,13-15,17-19H,8,11-12,16,20-22H2,1-6H3. The highest BCUT2D eigenvalue weighted by Crippen LogP contribution is 2.38. The van der Waals surface area contributed by atoms with E-state index in [4.69, 9.17) is 19.0 Å². The van der Waals surface area contributed by atoms with Crippen LogP contribution in [0.1, 0.15) is 96.8 Å². The molecule has 7 heteroatoms. The molecule has 1 heterocycles. The van der Waals surface area contributed by atoms with Crippen LogP contribution >= 0.6 is 0 Å². The highest BCUT2D eigenvalue weighted by Gasteiger charge is 2.52. The number of rotatable bonds is 8. The number of carbonyl (C=O) groups is 2. The summed E-state index contributed by atoms with van der Waals surface area (Å²) in [4.78, 5) is 32.3. The van der Waals surface area contributed by atoms with Crippen LogP contribution in [0, 0.1) is 0 Å². The van der Waals surface area contributed by atoms with Gasteiger partial charge in [-0.25, -0.2) is 4.79 Å². The fourth-order valence-corrected chi connectivity index (χ4v) is 4.84. The number of allylic oxidation sites excluding steroid dienone is 2. The Hall–Kier alpha value is -3.61. The maximum Gasteiger partial charge on any atom is 0.354 e. The number of carbonyl (C=O) groups excluding carboxylic acids is 2. The monoisotopic (exact) mass is 547 g/mol. The molecule has 1 atom stereocenters. The summed E-state index contributed by atoms with van der Waals surface area (Å²) < 4.78 is 17.4. The van der Waals surface area contributed by atoms with Crippen molar-refractivity contribution >= 4 is 23.2 Å². The van der Waals surface area contributed by atoms with Gasteiger partial charge < -0.3 is 19.0 Å². The van der Waals surface area contributed by atoms with E-state index in [0.29, 0.717) is 18.1 Å². The third-order valence-electron chi connectivity index (χ3n) is 6.59. The summed E-state index contributed by atoms with van der Waals surface area (Å²) in [6.07, 6.45) is 6.29. The first kappa shape index (κ1) is 29.4. The van der Waals surface area contributed by atoms with Crippen molar-refractivity contribution < 1.29 is 28.6 Å². The summed E-state index contributed by atoms with van der Waals surface area (Å²) in [6, 6.07) is 15.9. The minimum absolute atomic E-state index is 0.0730. The van der Waals surface area contributed by atoms with Crippen LogP contribution in [0.15, 0.2) is 59.8 Å². The molecule has 214 valence electrons. The van der Waals surface area contributed by atoms with E-state index in [1.165, 1.54) is 12.0 Å². The van der Waals surface area contributed by atoms with E-state index in [1.54, 1.807) is 41.5 Å². The Labute approximate surface area is 237 Å². The quantitative estimate of drug-likeness (QED) is 0.326. The molecule has 0 saturated carbocycles. The number of nitrogens with zero attached hydrogens (tertiary/aromatic N) is 1. The van der Waals surface area contributed by atoms with E-state index in [0.717, 1.165) is 36.0 Å². The van der Waals surface area contributed by atoms with E-state index in [2.05, 4.69) is 17.3 Å². The van der Waals surface area contributed by atoms with Crippen molar-refractivity contribution in [3.63, 3.8) is 0 Å². The molecule has 0 bridgehead atoms. The molecular formula is C33H41NO6. The molecule has 7 nitrogen and oxygen atoms in total. The van der Waals surface area contributed by atoms with Gasteiger partial charge in [-0.15, -0.1) is 0 Å². The van der Waals surface area contributed by atoms with Gasteiger partial charge in [0.15, 0.2) is 0 Å². The molecule has 0 aromatic heterocycles. The van der Waals surface area contributed by atoms with Crippen LogP contribution in [0.4, 0.5) is 0 Å². The topological polar surface area (TPSA) is 83.4 Å². The summed E-state index contributed by atoms with van der Waals surface area (Å²) in [6.45, 7) is 11.1. The molecular weight excluding hydrogens is 506 g/mol. The summed E-state index contributed by atoms with van der Waals surface area (Å²) in [7, 11) is 0. The van der Waals surface area contributed by atoms with Crippen LogP contribution < -0.4 is 4.74 Å². The van der Waals surface area contributed by atoms with Crippen LogP contribution in [0.3, 0.4) is 0 Å². The number of hydrogen-bond donors (Lipinski definition) is 0. The van der Waals surface area contributed by atoms with E-state index in [-0.39, 0.29) is 12.8 Å². The second-order valence-electron chi connectivity index (χ2n) is 12.5. The van der Waals surface area contributed by atoms with Crippen molar-refractivity contribution in [2.75, 3.05) is 0 Å². The van der Waals surface area contributed by atoms with Crippen molar-refractivity contribution in [1.82, 2.24) is 0 Å². The largest absolute Gasteiger partial charge is 0.489 e. The van der Waals surface area contributed by atoms with Gasteiger partial charge in [-0.05, 0) is 96.1 Å². The zero-order chi connectivity index (χ0) is 29.0. The second-order valence-corrected chi connectivity index (χ2v) is 12.5. The third-order valence-corrected chi connectivity index (χ3v) is 6.59.